The van der Waals surface area contributed by atoms with Gasteiger partial charge in [-0.2, -0.15) is 0 Å². The number of carbonyl (C=O) groups is 1. The van der Waals surface area contributed by atoms with Gasteiger partial charge in [0.15, 0.2) is 0 Å². The Bertz CT molecular complexity index is 792. The number of aromatic nitrogens is 1. The minimum absolute atomic E-state index is 0.446. The second-order valence-electron chi connectivity index (χ2n) is 5.18. The van der Waals surface area contributed by atoms with Crippen LogP contribution in [0.1, 0.15) is 18.1 Å². The van der Waals surface area contributed by atoms with Crippen molar-refractivity contribution in [2.75, 3.05) is 0 Å². The van der Waals surface area contributed by atoms with Crippen LogP contribution in [0.2, 0.25) is 0 Å². The second-order valence-corrected chi connectivity index (χ2v) is 5.18. The molecule has 0 aliphatic rings. The minimum Gasteiger partial charge on any atom is -0.303 e. The molecule has 0 unspecified atom stereocenters. The summed E-state index contributed by atoms with van der Waals surface area (Å²) in [6.45, 7) is 2.16. The van der Waals surface area contributed by atoms with Gasteiger partial charge in [-0.15, -0.1) is 0 Å². The lowest BCUT2D eigenvalue weighted by Gasteiger charge is -2.06. The molecule has 2 nitrogen and oxygen atoms in total. The van der Waals surface area contributed by atoms with Crippen LogP contribution in [0.5, 0.6) is 0 Å². The molecule has 0 amide bonds. The third-order valence-corrected chi connectivity index (χ3v) is 3.74. The zero-order valence-corrected chi connectivity index (χ0v) is 12.0. The van der Waals surface area contributed by atoms with Crippen LogP contribution in [-0.4, -0.2) is 11.3 Å². The van der Waals surface area contributed by atoms with Crippen LogP contribution in [0, 0.1) is 0 Å². The first-order valence-corrected chi connectivity index (χ1v) is 7.22. The average Bonchev–Trinajstić information content (AvgIpc) is 2.54. The van der Waals surface area contributed by atoms with E-state index < -0.39 is 0 Å². The molecule has 1 heterocycles. The number of aldehydes is 1. The van der Waals surface area contributed by atoms with E-state index in [1.54, 1.807) is 0 Å². The molecule has 2 heteroatoms. The Morgan fingerprint density at radius 1 is 1.00 bits per heavy atom. The quantitative estimate of drug-likeness (QED) is 0.668. The summed E-state index contributed by atoms with van der Waals surface area (Å²) in [5.74, 6) is 0. The maximum Gasteiger partial charge on any atom is 0.124 e. The molecule has 104 valence electrons. The first kappa shape index (κ1) is 13.5. The summed E-state index contributed by atoms with van der Waals surface area (Å²) in [5, 5.41) is 2.36. The molecule has 0 radical (unpaired) electrons. The largest absolute Gasteiger partial charge is 0.303 e. The minimum atomic E-state index is 0.446. The highest BCUT2D eigenvalue weighted by Crippen LogP contribution is 2.23. The van der Waals surface area contributed by atoms with Crippen molar-refractivity contribution in [1.29, 1.82) is 0 Å². The Labute approximate surface area is 124 Å². The van der Waals surface area contributed by atoms with Gasteiger partial charge in [0, 0.05) is 23.6 Å². The molecule has 2 aromatic carbocycles. The van der Waals surface area contributed by atoms with Crippen molar-refractivity contribution in [3.63, 3.8) is 0 Å². The molecule has 0 aliphatic heterocycles. The van der Waals surface area contributed by atoms with E-state index in [4.69, 9.17) is 0 Å². The number of benzene rings is 2. The van der Waals surface area contributed by atoms with Crippen LogP contribution in [0.25, 0.3) is 22.0 Å². The molecule has 0 saturated heterocycles. The molecule has 1 aromatic heterocycles. The number of nitrogens with zero attached hydrogens (tertiary/aromatic N) is 1. The fourth-order valence-electron chi connectivity index (χ4n) is 2.52. The summed E-state index contributed by atoms with van der Waals surface area (Å²) >= 11 is 0. The molecular weight excluding hydrogens is 258 g/mol. The smallest absolute Gasteiger partial charge is 0.124 e. The van der Waals surface area contributed by atoms with Gasteiger partial charge in [0.1, 0.15) is 6.29 Å². The SMILES string of the molecule is CCc1ccc2cnc(-c3cccc(CC=O)c3)cc2c1. The standard InChI is InChI=1S/C19H17NO/c1-2-14-6-7-17-13-20-19(12-18(17)10-14)16-5-3-4-15(11-16)8-9-21/h3-7,9-13H,2,8H2,1H3. The van der Waals surface area contributed by atoms with Gasteiger partial charge >= 0.3 is 0 Å². The molecule has 0 aliphatic carbocycles. The lowest BCUT2D eigenvalue weighted by Crippen LogP contribution is -1.89. The number of hydrogen-bond acceptors (Lipinski definition) is 2. The number of carbonyl (C=O) groups excluding carboxylic acids is 1. The maximum absolute atomic E-state index is 10.7. The Hall–Kier alpha value is -2.48. The highest BCUT2D eigenvalue weighted by molar-refractivity contribution is 5.85. The molecule has 0 fully saturated rings. The first-order chi connectivity index (χ1) is 10.3. The van der Waals surface area contributed by atoms with Crippen LogP contribution >= 0.6 is 0 Å². The number of hydrogen-bond donors (Lipinski definition) is 0. The number of aryl methyl sites for hydroxylation is 1. The van der Waals surface area contributed by atoms with E-state index in [9.17, 15) is 4.79 Å². The monoisotopic (exact) mass is 275 g/mol. The van der Waals surface area contributed by atoms with Gasteiger partial charge in [-0.05, 0) is 35.1 Å². The Balaban J connectivity index is 2.07. The molecular formula is C19H17NO. The van der Waals surface area contributed by atoms with Crippen molar-refractivity contribution < 1.29 is 4.79 Å². The van der Waals surface area contributed by atoms with Crippen LogP contribution in [0.4, 0.5) is 0 Å². The van der Waals surface area contributed by atoms with Gasteiger partial charge in [-0.25, -0.2) is 0 Å². The number of pyridine rings is 1. The van der Waals surface area contributed by atoms with Gasteiger partial charge < -0.3 is 4.79 Å². The van der Waals surface area contributed by atoms with Gasteiger partial charge in [-0.3, -0.25) is 4.98 Å². The van der Waals surface area contributed by atoms with E-state index in [1.165, 1.54) is 10.9 Å². The first-order valence-electron chi connectivity index (χ1n) is 7.22. The molecule has 0 bridgehead atoms. The molecule has 3 rings (SSSR count). The van der Waals surface area contributed by atoms with E-state index in [-0.39, 0.29) is 0 Å². The normalized spacial score (nSPS) is 10.7. The van der Waals surface area contributed by atoms with Crippen molar-refractivity contribution in [2.45, 2.75) is 19.8 Å². The molecule has 0 saturated carbocycles. The zero-order valence-electron chi connectivity index (χ0n) is 12.0. The van der Waals surface area contributed by atoms with Crippen molar-refractivity contribution >= 4 is 17.1 Å². The highest BCUT2D eigenvalue weighted by atomic mass is 16.1. The van der Waals surface area contributed by atoms with Crippen molar-refractivity contribution in [1.82, 2.24) is 4.98 Å². The third-order valence-electron chi connectivity index (χ3n) is 3.74. The summed E-state index contributed by atoms with van der Waals surface area (Å²) in [6, 6.07) is 16.6. The average molecular weight is 275 g/mol. The lowest BCUT2D eigenvalue weighted by atomic mass is 10.0. The second kappa shape index (κ2) is 5.88. The van der Waals surface area contributed by atoms with Gasteiger partial charge in [0.2, 0.25) is 0 Å². The number of fused-ring (bicyclic) bond motifs is 1. The summed E-state index contributed by atoms with van der Waals surface area (Å²) in [4.78, 5) is 15.2. The van der Waals surface area contributed by atoms with E-state index >= 15 is 0 Å². The van der Waals surface area contributed by atoms with Gasteiger partial charge in [0.05, 0.1) is 5.69 Å². The molecule has 3 aromatic rings. The Morgan fingerprint density at radius 3 is 2.71 bits per heavy atom. The topological polar surface area (TPSA) is 30.0 Å². The van der Waals surface area contributed by atoms with Crippen molar-refractivity contribution in [3.8, 4) is 11.3 Å². The molecule has 0 spiro atoms. The van der Waals surface area contributed by atoms with Crippen molar-refractivity contribution in [2.24, 2.45) is 0 Å². The van der Waals surface area contributed by atoms with Crippen LogP contribution in [-0.2, 0) is 17.6 Å². The molecule has 0 atom stereocenters. The van der Waals surface area contributed by atoms with Crippen LogP contribution < -0.4 is 0 Å². The van der Waals surface area contributed by atoms with Crippen LogP contribution in [0.3, 0.4) is 0 Å². The van der Waals surface area contributed by atoms with E-state index in [2.05, 4.69) is 36.2 Å². The Kier molecular flexibility index (Phi) is 3.78. The summed E-state index contributed by atoms with van der Waals surface area (Å²) in [7, 11) is 0. The summed E-state index contributed by atoms with van der Waals surface area (Å²) in [6.07, 6.45) is 4.32. The van der Waals surface area contributed by atoms with Crippen molar-refractivity contribution in [3.05, 3.63) is 65.9 Å². The summed E-state index contributed by atoms with van der Waals surface area (Å²) < 4.78 is 0. The predicted molar refractivity (Wildman–Crippen MR) is 86.3 cm³/mol. The fraction of sp³-hybridized carbons (Fsp3) is 0.158. The maximum atomic E-state index is 10.7. The van der Waals surface area contributed by atoms with Crippen LogP contribution in [0.15, 0.2) is 54.7 Å². The highest BCUT2D eigenvalue weighted by Gasteiger charge is 2.03. The fourth-order valence-corrected chi connectivity index (χ4v) is 2.52. The Morgan fingerprint density at radius 2 is 1.90 bits per heavy atom. The number of rotatable bonds is 4. The predicted octanol–water partition coefficient (Wildman–Crippen LogP) is 4.21. The molecule has 21 heavy (non-hydrogen) atoms. The zero-order chi connectivity index (χ0) is 14.7. The lowest BCUT2D eigenvalue weighted by molar-refractivity contribution is -0.107. The van der Waals surface area contributed by atoms with Gasteiger partial charge in [-0.1, -0.05) is 43.3 Å². The summed E-state index contributed by atoms with van der Waals surface area (Å²) in [5.41, 5.74) is 4.35. The molecule has 0 N–H and O–H groups in total. The van der Waals surface area contributed by atoms with Gasteiger partial charge in [0.25, 0.3) is 0 Å². The van der Waals surface area contributed by atoms with E-state index in [0.717, 1.165) is 34.9 Å². The van der Waals surface area contributed by atoms with E-state index in [0.29, 0.717) is 6.42 Å². The van der Waals surface area contributed by atoms with E-state index in [1.807, 2.05) is 30.5 Å². The third kappa shape index (κ3) is 2.84.